The molecule has 1 N–H and O–H groups in total. The Balaban J connectivity index is 1.94. The first-order valence-corrected chi connectivity index (χ1v) is 10.7. The zero-order valence-electron chi connectivity index (χ0n) is 15.1. The highest BCUT2D eigenvalue weighted by atomic mass is 32.2. The molecular formula is C18H24N2O4S2. The summed E-state index contributed by atoms with van der Waals surface area (Å²) in [6.45, 7) is 5.06. The summed E-state index contributed by atoms with van der Waals surface area (Å²) in [5.41, 5.74) is 0.987. The lowest BCUT2D eigenvalue weighted by Gasteiger charge is -2.18. The molecule has 0 fully saturated rings. The Morgan fingerprint density at radius 1 is 1.23 bits per heavy atom. The first-order chi connectivity index (χ1) is 12.3. The van der Waals surface area contributed by atoms with Gasteiger partial charge in [0, 0.05) is 25.8 Å². The molecule has 1 heterocycles. The normalized spacial score (nSPS) is 11.5. The van der Waals surface area contributed by atoms with E-state index in [4.69, 9.17) is 4.74 Å². The molecule has 0 atom stereocenters. The summed E-state index contributed by atoms with van der Waals surface area (Å²) in [4.78, 5) is 12.1. The van der Waals surface area contributed by atoms with Crippen LogP contribution in [0.1, 0.15) is 30.6 Å². The van der Waals surface area contributed by atoms with Crippen LogP contribution in [-0.4, -0.2) is 40.6 Å². The van der Waals surface area contributed by atoms with Crippen LogP contribution in [-0.2, 0) is 14.8 Å². The highest BCUT2D eigenvalue weighted by Gasteiger charge is 2.22. The second kappa shape index (κ2) is 9.16. The summed E-state index contributed by atoms with van der Waals surface area (Å²) in [6, 6.07) is 9.77. The number of rotatable bonds is 9. The minimum atomic E-state index is -3.57. The van der Waals surface area contributed by atoms with Gasteiger partial charge in [0.25, 0.3) is 15.9 Å². The van der Waals surface area contributed by atoms with Gasteiger partial charge in [0.15, 0.2) is 0 Å². The molecule has 0 bridgehead atoms. The number of sulfonamides is 1. The number of carbonyl (C=O) groups is 1. The Morgan fingerprint density at radius 3 is 2.50 bits per heavy atom. The van der Waals surface area contributed by atoms with Crippen molar-refractivity contribution in [2.45, 2.75) is 30.6 Å². The quantitative estimate of drug-likeness (QED) is 0.661. The summed E-state index contributed by atoms with van der Waals surface area (Å²) in [5, 5.41) is 4.55. The second-order valence-electron chi connectivity index (χ2n) is 5.98. The van der Waals surface area contributed by atoms with E-state index in [-0.39, 0.29) is 16.2 Å². The molecule has 6 nitrogen and oxygen atoms in total. The second-order valence-corrected chi connectivity index (χ2v) is 9.12. The average molecular weight is 397 g/mol. The lowest BCUT2D eigenvalue weighted by Crippen LogP contribution is -2.27. The number of amides is 1. The van der Waals surface area contributed by atoms with Crippen molar-refractivity contribution in [3.8, 4) is 0 Å². The smallest absolute Gasteiger partial charge is 0.273 e. The summed E-state index contributed by atoms with van der Waals surface area (Å²) in [7, 11) is -2.07. The van der Waals surface area contributed by atoms with Crippen molar-refractivity contribution in [1.82, 2.24) is 5.32 Å². The van der Waals surface area contributed by atoms with Crippen LogP contribution < -0.4 is 9.62 Å². The monoisotopic (exact) mass is 396 g/mol. The predicted octanol–water partition coefficient (Wildman–Crippen LogP) is 3.12. The Kier molecular flexibility index (Phi) is 7.19. The first-order valence-electron chi connectivity index (χ1n) is 8.34. The largest absolute Gasteiger partial charge is 0.379 e. The van der Waals surface area contributed by atoms with E-state index in [0.29, 0.717) is 24.4 Å². The highest BCUT2D eigenvalue weighted by molar-refractivity contribution is 7.94. The summed E-state index contributed by atoms with van der Waals surface area (Å²) in [5.74, 6) is -0.190. The topological polar surface area (TPSA) is 75.7 Å². The zero-order chi connectivity index (χ0) is 19.2. The maximum absolute atomic E-state index is 12.5. The maximum atomic E-state index is 12.5. The third kappa shape index (κ3) is 5.30. The fourth-order valence-corrected chi connectivity index (χ4v) is 4.56. The van der Waals surface area contributed by atoms with Gasteiger partial charge in [-0.05, 0) is 56.0 Å². The van der Waals surface area contributed by atoms with Crippen LogP contribution in [0.5, 0.6) is 0 Å². The van der Waals surface area contributed by atoms with Crippen molar-refractivity contribution in [2.24, 2.45) is 0 Å². The maximum Gasteiger partial charge on any atom is 0.273 e. The van der Waals surface area contributed by atoms with Crippen LogP contribution in [0.15, 0.2) is 46.0 Å². The van der Waals surface area contributed by atoms with Gasteiger partial charge in [-0.25, -0.2) is 8.42 Å². The van der Waals surface area contributed by atoms with E-state index in [1.54, 1.807) is 41.8 Å². The molecule has 0 radical (unpaired) electrons. The number of thiophene rings is 1. The summed E-state index contributed by atoms with van der Waals surface area (Å²) >= 11 is 1.17. The van der Waals surface area contributed by atoms with E-state index in [9.17, 15) is 13.2 Å². The van der Waals surface area contributed by atoms with Crippen molar-refractivity contribution in [3.05, 3.63) is 47.3 Å². The van der Waals surface area contributed by atoms with E-state index >= 15 is 0 Å². The minimum absolute atomic E-state index is 0.181. The molecule has 1 aromatic heterocycles. The molecule has 8 heteroatoms. The van der Waals surface area contributed by atoms with Crippen molar-refractivity contribution >= 4 is 33.0 Å². The lowest BCUT2D eigenvalue weighted by atomic mass is 10.2. The number of ether oxygens (including phenoxy) is 1. The van der Waals surface area contributed by atoms with Crippen LogP contribution in [0, 0.1) is 0 Å². The van der Waals surface area contributed by atoms with E-state index in [2.05, 4.69) is 5.32 Å². The van der Waals surface area contributed by atoms with Gasteiger partial charge < -0.3 is 10.1 Å². The molecule has 2 rings (SSSR count). The Labute approximate surface area is 158 Å². The van der Waals surface area contributed by atoms with Gasteiger partial charge in [0.1, 0.15) is 4.21 Å². The van der Waals surface area contributed by atoms with Crippen LogP contribution in [0.2, 0.25) is 0 Å². The molecule has 0 saturated heterocycles. The number of nitrogens with zero attached hydrogens (tertiary/aromatic N) is 1. The molecule has 0 aliphatic heterocycles. The molecule has 0 spiro atoms. The van der Waals surface area contributed by atoms with Gasteiger partial charge in [-0.3, -0.25) is 9.10 Å². The SMILES string of the molecule is CC(C)OCCCNC(=O)c1ccc(N(C)S(=O)(=O)c2cccs2)cc1. The highest BCUT2D eigenvalue weighted by Crippen LogP contribution is 2.25. The van der Waals surface area contributed by atoms with Crippen LogP contribution in [0.25, 0.3) is 0 Å². The standard InChI is InChI=1S/C18H24N2O4S2/c1-14(2)24-12-5-11-19-18(21)15-7-9-16(10-8-15)20(3)26(22,23)17-6-4-13-25-17/h4,6-10,13-14H,5,11-12H2,1-3H3,(H,19,21). The fourth-order valence-electron chi connectivity index (χ4n) is 2.20. The van der Waals surface area contributed by atoms with E-state index in [1.165, 1.54) is 22.7 Å². The molecular weight excluding hydrogens is 372 g/mol. The number of benzene rings is 1. The van der Waals surface area contributed by atoms with Gasteiger partial charge >= 0.3 is 0 Å². The van der Waals surface area contributed by atoms with Gasteiger partial charge in [-0.2, -0.15) is 0 Å². The van der Waals surface area contributed by atoms with Crippen molar-refractivity contribution in [2.75, 3.05) is 24.5 Å². The first kappa shape index (κ1) is 20.4. The van der Waals surface area contributed by atoms with Gasteiger partial charge in [-0.1, -0.05) is 6.07 Å². The van der Waals surface area contributed by atoms with Crippen molar-refractivity contribution < 1.29 is 17.9 Å². The van der Waals surface area contributed by atoms with Crippen molar-refractivity contribution in [1.29, 1.82) is 0 Å². The number of anilines is 1. The average Bonchev–Trinajstić information content (AvgIpc) is 3.16. The van der Waals surface area contributed by atoms with Crippen LogP contribution in [0.4, 0.5) is 5.69 Å². The molecule has 1 aromatic carbocycles. The number of nitrogens with one attached hydrogen (secondary N) is 1. The third-order valence-electron chi connectivity index (χ3n) is 3.66. The summed E-state index contributed by atoms with van der Waals surface area (Å²) < 4.78 is 31.9. The fraction of sp³-hybridized carbons (Fsp3) is 0.389. The van der Waals surface area contributed by atoms with Crippen molar-refractivity contribution in [3.63, 3.8) is 0 Å². The molecule has 0 saturated carbocycles. The van der Waals surface area contributed by atoms with Crippen LogP contribution in [0.3, 0.4) is 0 Å². The molecule has 0 unspecified atom stereocenters. The van der Waals surface area contributed by atoms with E-state index < -0.39 is 10.0 Å². The van der Waals surface area contributed by atoms with Crippen LogP contribution >= 0.6 is 11.3 Å². The van der Waals surface area contributed by atoms with Gasteiger partial charge in [0.05, 0.1) is 11.8 Å². The lowest BCUT2D eigenvalue weighted by molar-refractivity contribution is 0.0757. The molecule has 2 aromatic rings. The third-order valence-corrected chi connectivity index (χ3v) is 6.82. The van der Waals surface area contributed by atoms with Gasteiger partial charge in [0.2, 0.25) is 0 Å². The number of carbonyl (C=O) groups excluding carboxylic acids is 1. The van der Waals surface area contributed by atoms with Gasteiger partial charge in [-0.15, -0.1) is 11.3 Å². The Bertz CT molecular complexity index is 800. The minimum Gasteiger partial charge on any atom is -0.379 e. The molecule has 142 valence electrons. The zero-order valence-corrected chi connectivity index (χ0v) is 16.8. The molecule has 0 aliphatic carbocycles. The molecule has 26 heavy (non-hydrogen) atoms. The van der Waals surface area contributed by atoms with E-state index in [1.807, 2.05) is 13.8 Å². The molecule has 0 aliphatic rings. The Morgan fingerprint density at radius 2 is 1.92 bits per heavy atom. The van der Waals surface area contributed by atoms with E-state index in [0.717, 1.165) is 6.42 Å². The molecule has 1 amide bonds. The number of hydrogen-bond acceptors (Lipinski definition) is 5. The number of hydrogen-bond donors (Lipinski definition) is 1. The predicted molar refractivity (Wildman–Crippen MR) is 104 cm³/mol. The Hall–Kier alpha value is -1.90. The summed E-state index contributed by atoms with van der Waals surface area (Å²) in [6.07, 6.45) is 0.921.